The van der Waals surface area contributed by atoms with E-state index in [1.807, 2.05) is 41.3 Å². The molecule has 1 aliphatic heterocycles. The van der Waals surface area contributed by atoms with Crippen molar-refractivity contribution in [1.29, 1.82) is 0 Å². The number of amides is 1. The van der Waals surface area contributed by atoms with Crippen molar-refractivity contribution in [2.75, 3.05) is 33.2 Å². The zero-order valence-electron chi connectivity index (χ0n) is 16.4. The molecule has 1 saturated heterocycles. The Balaban J connectivity index is 1.43. The zero-order valence-corrected chi connectivity index (χ0v) is 16.4. The number of fused-ring (bicyclic) bond motifs is 1. The summed E-state index contributed by atoms with van der Waals surface area (Å²) < 4.78 is 0. The number of pyridine rings is 1. The van der Waals surface area contributed by atoms with Crippen molar-refractivity contribution in [3.63, 3.8) is 0 Å². The molecule has 5 nitrogen and oxygen atoms in total. The van der Waals surface area contributed by atoms with Gasteiger partial charge in [-0.3, -0.25) is 9.59 Å². The number of carbonyl (C=O) groups excluding carboxylic acids is 2. The van der Waals surface area contributed by atoms with Gasteiger partial charge in [-0.25, -0.2) is 4.98 Å². The molecule has 0 bridgehead atoms. The first-order valence-corrected chi connectivity index (χ1v) is 9.76. The molecule has 1 aliphatic rings. The van der Waals surface area contributed by atoms with Gasteiger partial charge in [-0.05, 0) is 43.5 Å². The van der Waals surface area contributed by atoms with E-state index in [9.17, 15) is 9.59 Å². The van der Waals surface area contributed by atoms with Crippen molar-refractivity contribution in [2.24, 2.45) is 0 Å². The average Bonchev–Trinajstić information content (AvgIpc) is 2.77. The lowest BCUT2D eigenvalue weighted by molar-refractivity contribution is 0.0664. The summed E-state index contributed by atoms with van der Waals surface area (Å²) in [6, 6.07) is 18.6. The summed E-state index contributed by atoms with van der Waals surface area (Å²) in [5.74, 6) is -0.0911. The molecular formula is C24H23N3O2. The summed E-state index contributed by atoms with van der Waals surface area (Å²) >= 11 is 0. The highest BCUT2D eigenvalue weighted by molar-refractivity contribution is 6.07. The van der Waals surface area contributed by atoms with E-state index in [1.165, 1.54) is 6.08 Å². The average molecular weight is 385 g/mol. The Hall–Kier alpha value is -3.31. The van der Waals surface area contributed by atoms with Crippen LogP contribution >= 0.6 is 0 Å². The number of hydrogen-bond donors (Lipinski definition) is 0. The minimum absolute atomic E-state index is 0.0213. The van der Waals surface area contributed by atoms with Gasteiger partial charge in [0.1, 0.15) is 0 Å². The monoisotopic (exact) mass is 385 g/mol. The van der Waals surface area contributed by atoms with E-state index in [-0.39, 0.29) is 11.7 Å². The molecule has 0 spiro atoms. The van der Waals surface area contributed by atoms with Crippen molar-refractivity contribution >= 4 is 28.7 Å². The first kappa shape index (κ1) is 19.0. The number of carbonyl (C=O) groups is 2. The van der Waals surface area contributed by atoms with Crippen LogP contribution in [0.1, 0.15) is 26.4 Å². The number of benzene rings is 2. The van der Waals surface area contributed by atoms with Gasteiger partial charge in [-0.15, -0.1) is 0 Å². The van der Waals surface area contributed by atoms with Crippen LogP contribution in [0.25, 0.3) is 17.0 Å². The fraction of sp³-hybridized carbons (Fsp3) is 0.208. The highest BCUT2D eigenvalue weighted by atomic mass is 16.2. The first-order valence-electron chi connectivity index (χ1n) is 9.76. The lowest BCUT2D eigenvalue weighted by atomic mass is 10.1. The molecule has 0 unspecified atom stereocenters. The number of hydrogen-bond acceptors (Lipinski definition) is 4. The molecule has 5 heteroatoms. The molecule has 1 fully saturated rings. The molecule has 0 aliphatic carbocycles. The molecule has 0 radical (unpaired) electrons. The molecule has 0 N–H and O–H groups in total. The molecule has 2 heterocycles. The maximum absolute atomic E-state index is 12.6. The van der Waals surface area contributed by atoms with Gasteiger partial charge in [-0.1, -0.05) is 36.4 Å². The summed E-state index contributed by atoms with van der Waals surface area (Å²) in [7, 11) is 2.06. The number of nitrogens with zero attached hydrogens (tertiary/aromatic N) is 3. The van der Waals surface area contributed by atoms with Gasteiger partial charge in [0.15, 0.2) is 5.78 Å². The van der Waals surface area contributed by atoms with E-state index in [4.69, 9.17) is 0 Å². The van der Waals surface area contributed by atoms with Crippen molar-refractivity contribution in [1.82, 2.24) is 14.8 Å². The lowest BCUT2D eigenvalue weighted by Crippen LogP contribution is -2.47. The van der Waals surface area contributed by atoms with Crippen LogP contribution in [0.4, 0.5) is 0 Å². The third kappa shape index (κ3) is 4.41. The first-order chi connectivity index (χ1) is 14.1. The third-order valence-electron chi connectivity index (χ3n) is 5.23. The Morgan fingerprint density at radius 1 is 0.862 bits per heavy atom. The van der Waals surface area contributed by atoms with E-state index >= 15 is 0 Å². The zero-order chi connectivity index (χ0) is 20.2. The largest absolute Gasteiger partial charge is 0.336 e. The number of likely N-dealkylation sites (N-methyl/N-ethyl adjacent to an activating group) is 1. The molecule has 1 aromatic heterocycles. The van der Waals surface area contributed by atoms with Crippen LogP contribution < -0.4 is 0 Å². The number of allylic oxidation sites excluding steroid dienone is 1. The van der Waals surface area contributed by atoms with E-state index in [2.05, 4.69) is 16.9 Å². The Labute approximate surface area is 170 Å². The van der Waals surface area contributed by atoms with Crippen LogP contribution in [-0.2, 0) is 0 Å². The standard InChI is InChI=1S/C24H23N3O2/c1-26-14-16-27(17-15-26)24(29)20-8-6-19(7-9-20)23(28)13-12-21-11-10-18-4-2-3-5-22(18)25-21/h2-13H,14-17H2,1H3. The van der Waals surface area contributed by atoms with Gasteiger partial charge in [0.05, 0.1) is 11.2 Å². The smallest absolute Gasteiger partial charge is 0.253 e. The van der Waals surface area contributed by atoms with Gasteiger partial charge in [-0.2, -0.15) is 0 Å². The molecule has 3 aromatic rings. The minimum atomic E-state index is -0.112. The second-order valence-corrected chi connectivity index (χ2v) is 7.30. The summed E-state index contributed by atoms with van der Waals surface area (Å²) in [6.07, 6.45) is 3.24. The SMILES string of the molecule is CN1CCN(C(=O)c2ccc(C(=O)C=Cc3ccc4ccccc4n3)cc2)CC1. The molecule has 2 aromatic carbocycles. The topological polar surface area (TPSA) is 53.5 Å². The highest BCUT2D eigenvalue weighted by Gasteiger charge is 2.20. The van der Waals surface area contributed by atoms with Crippen molar-refractivity contribution in [2.45, 2.75) is 0 Å². The number of rotatable bonds is 4. The van der Waals surface area contributed by atoms with Gasteiger partial charge >= 0.3 is 0 Å². The van der Waals surface area contributed by atoms with Crippen LogP contribution in [0.2, 0.25) is 0 Å². The van der Waals surface area contributed by atoms with Crippen molar-refractivity contribution < 1.29 is 9.59 Å². The van der Waals surface area contributed by atoms with Crippen LogP contribution in [0.3, 0.4) is 0 Å². The van der Waals surface area contributed by atoms with Gasteiger partial charge in [0, 0.05) is 42.7 Å². The predicted octanol–water partition coefficient (Wildman–Crippen LogP) is 3.52. The number of aromatic nitrogens is 1. The number of para-hydroxylation sites is 1. The summed E-state index contributed by atoms with van der Waals surface area (Å²) in [4.78, 5) is 33.7. The number of ketones is 1. The van der Waals surface area contributed by atoms with Crippen LogP contribution in [0.5, 0.6) is 0 Å². The Morgan fingerprint density at radius 2 is 1.55 bits per heavy atom. The Kier molecular flexibility index (Phi) is 5.49. The molecule has 0 atom stereocenters. The van der Waals surface area contributed by atoms with Crippen molar-refractivity contribution in [3.05, 3.63) is 83.6 Å². The Morgan fingerprint density at radius 3 is 2.31 bits per heavy atom. The molecule has 4 rings (SSSR count). The van der Waals surface area contributed by atoms with Gasteiger partial charge in [0.25, 0.3) is 5.91 Å². The molecule has 1 amide bonds. The van der Waals surface area contributed by atoms with E-state index < -0.39 is 0 Å². The van der Waals surface area contributed by atoms with Crippen LogP contribution in [0.15, 0.2) is 66.7 Å². The Bertz CT molecular complexity index is 1060. The summed E-state index contributed by atoms with van der Waals surface area (Å²) in [5.41, 5.74) is 2.80. The molecular weight excluding hydrogens is 362 g/mol. The lowest BCUT2D eigenvalue weighted by Gasteiger charge is -2.32. The van der Waals surface area contributed by atoms with E-state index in [0.717, 1.165) is 42.8 Å². The summed E-state index contributed by atoms with van der Waals surface area (Å²) in [6.45, 7) is 3.24. The fourth-order valence-electron chi connectivity index (χ4n) is 3.40. The van der Waals surface area contributed by atoms with Crippen LogP contribution in [0, 0.1) is 0 Å². The van der Waals surface area contributed by atoms with Crippen LogP contribution in [-0.4, -0.2) is 59.7 Å². The second kappa shape index (κ2) is 8.37. The maximum Gasteiger partial charge on any atom is 0.253 e. The highest BCUT2D eigenvalue weighted by Crippen LogP contribution is 2.14. The third-order valence-corrected chi connectivity index (χ3v) is 5.23. The van der Waals surface area contributed by atoms with Crippen molar-refractivity contribution in [3.8, 4) is 0 Å². The van der Waals surface area contributed by atoms with Gasteiger partial charge in [0.2, 0.25) is 0 Å². The van der Waals surface area contributed by atoms with E-state index in [1.54, 1.807) is 30.3 Å². The molecule has 29 heavy (non-hydrogen) atoms. The quantitative estimate of drug-likeness (QED) is 0.509. The van der Waals surface area contributed by atoms with Gasteiger partial charge < -0.3 is 9.80 Å². The fourth-order valence-corrected chi connectivity index (χ4v) is 3.40. The maximum atomic E-state index is 12.6. The summed E-state index contributed by atoms with van der Waals surface area (Å²) in [5, 5.41) is 1.07. The second-order valence-electron chi connectivity index (χ2n) is 7.30. The normalized spacial score (nSPS) is 15.1. The number of piperazine rings is 1. The van der Waals surface area contributed by atoms with E-state index in [0.29, 0.717) is 11.1 Å². The molecule has 146 valence electrons. The molecule has 0 saturated carbocycles. The minimum Gasteiger partial charge on any atom is -0.336 e. The predicted molar refractivity (Wildman–Crippen MR) is 115 cm³/mol.